The van der Waals surface area contributed by atoms with E-state index in [0.717, 1.165) is 5.56 Å². The van der Waals surface area contributed by atoms with Crippen molar-refractivity contribution in [2.45, 2.75) is 19.4 Å². The number of hydrogen-bond acceptors (Lipinski definition) is 9. The summed E-state index contributed by atoms with van der Waals surface area (Å²) >= 11 is 1.18. The minimum atomic E-state index is -0.701. The van der Waals surface area contributed by atoms with Crippen LogP contribution in [0.5, 0.6) is 5.75 Å². The molecule has 0 radical (unpaired) electrons. The molecular weight excluding hydrogens is 522 g/mol. The predicted molar refractivity (Wildman–Crippen MR) is 144 cm³/mol. The number of allylic oxidation sites excluding steroid dienone is 1. The number of nitro groups is 1. The second-order valence-corrected chi connectivity index (χ2v) is 9.55. The van der Waals surface area contributed by atoms with Crippen LogP contribution >= 0.6 is 11.3 Å². The number of aromatic nitrogens is 1. The van der Waals surface area contributed by atoms with Gasteiger partial charge in [0.25, 0.3) is 11.2 Å². The highest BCUT2D eigenvalue weighted by Gasteiger charge is 2.33. The van der Waals surface area contributed by atoms with Crippen LogP contribution in [0.4, 0.5) is 5.69 Å². The number of esters is 1. The van der Waals surface area contributed by atoms with E-state index in [0.29, 0.717) is 49.9 Å². The summed E-state index contributed by atoms with van der Waals surface area (Å²) in [6.07, 6.45) is 2.07. The summed E-state index contributed by atoms with van der Waals surface area (Å²) in [6, 6.07) is 16.1. The van der Waals surface area contributed by atoms with Gasteiger partial charge in [0.15, 0.2) is 4.80 Å². The van der Waals surface area contributed by atoms with E-state index >= 15 is 0 Å². The van der Waals surface area contributed by atoms with Crippen LogP contribution < -0.4 is 19.6 Å². The third-order valence-corrected chi connectivity index (χ3v) is 7.31. The van der Waals surface area contributed by atoms with Gasteiger partial charge < -0.3 is 13.9 Å². The monoisotopic (exact) mass is 545 g/mol. The highest BCUT2D eigenvalue weighted by molar-refractivity contribution is 7.07. The number of carbonyl (C=O) groups is 1. The Bertz CT molecular complexity index is 1800. The molecule has 0 N–H and O–H groups in total. The molecule has 0 unspecified atom stereocenters. The number of fused-ring (bicyclic) bond motifs is 1. The number of nitrogens with zero attached hydrogens (tertiary/aromatic N) is 3. The first kappa shape index (κ1) is 25.9. The number of rotatable bonds is 7. The van der Waals surface area contributed by atoms with Gasteiger partial charge >= 0.3 is 5.97 Å². The van der Waals surface area contributed by atoms with Gasteiger partial charge in [0.2, 0.25) is 0 Å². The molecule has 0 spiro atoms. The minimum Gasteiger partial charge on any atom is -0.496 e. The highest BCUT2D eigenvalue weighted by Crippen LogP contribution is 2.35. The van der Waals surface area contributed by atoms with Crippen molar-refractivity contribution in [1.82, 2.24) is 4.57 Å². The number of ether oxygens (including phenoxy) is 2. The zero-order valence-corrected chi connectivity index (χ0v) is 22.1. The standard InChI is InChI=1S/C28H23N3O7S/c1-4-20-24(27(33)37-3)25(16-8-6-5-7-9-16)30-26(32)23(39-28(30)29-20)15-18-11-13-22(38-18)19-14-17(31(34)35)10-12-21(19)36-2/h5-15,25H,4H2,1-3H3/b23-15+/t25-/m0/s1. The largest absolute Gasteiger partial charge is 0.496 e. The lowest BCUT2D eigenvalue weighted by atomic mass is 9.95. The number of methoxy groups -OCH3 is 2. The molecule has 0 amide bonds. The van der Waals surface area contributed by atoms with E-state index in [4.69, 9.17) is 13.9 Å². The van der Waals surface area contributed by atoms with Crippen LogP contribution in [0.1, 0.15) is 30.7 Å². The van der Waals surface area contributed by atoms with Gasteiger partial charge in [-0.05, 0) is 30.2 Å². The first-order valence-electron chi connectivity index (χ1n) is 12.0. The van der Waals surface area contributed by atoms with E-state index in [1.165, 1.54) is 48.3 Å². The third-order valence-electron chi connectivity index (χ3n) is 6.33. The topological polar surface area (TPSA) is 126 Å². The lowest BCUT2D eigenvalue weighted by Crippen LogP contribution is -2.40. The summed E-state index contributed by atoms with van der Waals surface area (Å²) in [6.45, 7) is 1.89. The summed E-state index contributed by atoms with van der Waals surface area (Å²) in [5.41, 5.74) is 1.60. The van der Waals surface area contributed by atoms with Crippen molar-refractivity contribution >= 4 is 29.1 Å². The Morgan fingerprint density at radius 3 is 2.62 bits per heavy atom. The maximum Gasteiger partial charge on any atom is 0.338 e. The van der Waals surface area contributed by atoms with Crippen molar-refractivity contribution in [1.29, 1.82) is 0 Å². The molecule has 39 heavy (non-hydrogen) atoms. The number of furan rings is 1. The van der Waals surface area contributed by atoms with Crippen LogP contribution in [-0.2, 0) is 9.53 Å². The second kappa shape index (κ2) is 10.5. The number of nitro benzene ring substituents is 1. The second-order valence-electron chi connectivity index (χ2n) is 8.54. The SMILES string of the molecule is CCC1=C(C(=O)OC)[C@H](c2ccccc2)n2c(s/c(=C/c3ccc(-c4cc([N+](=O)[O-])ccc4OC)o3)c2=O)=N1. The summed E-state index contributed by atoms with van der Waals surface area (Å²) in [5.74, 6) is 0.576. The van der Waals surface area contributed by atoms with E-state index in [2.05, 4.69) is 4.99 Å². The number of hydrogen-bond donors (Lipinski definition) is 0. The van der Waals surface area contributed by atoms with Crippen molar-refractivity contribution in [3.63, 3.8) is 0 Å². The molecular formula is C28H23N3O7S. The van der Waals surface area contributed by atoms with Gasteiger partial charge in [0, 0.05) is 18.2 Å². The predicted octanol–water partition coefficient (Wildman–Crippen LogP) is 3.98. The van der Waals surface area contributed by atoms with Gasteiger partial charge in [-0.15, -0.1) is 0 Å². The molecule has 2 aromatic heterocycles. The number of thiazole rings is 1. The van der Waals surface area contributed by atoms with Crippen molar-refractivity contribution in [3.05, 3.63) is 113 Å². The summed E-state index contributed by atoms with van der Waals surface area (Å²) in [5, 5.41) is 11.3. The third kappa shape index (κ3) is 4.68. The molecule has 0 aliphatic carbocycles. The summed E-state index contributed by atoms with van der Waals surface area (Å²) < 4.78 is 18.2. The maximum atomic E-state index is 13.7. The Balaban J connectivity index is 1.65. The van der Waals surface area contributed by atoms with Crippen molar-refractivity contribution in [2.75, 3.05) is 14.2 Å². The average Bonchev–Trinajstić information content (AvgIpc) is 3.55. The molecule has 0 saturated carbocycles. The van der Waals surface area contributed by atoms with E-state index < -0.39 is 16.9 Å². The van der Waals surface area contributed by atoms with E-state index in [1.54, 1.807) is 18.2 Å². The Hall–Kier alpha value is -4.77. The van der Waals surface area contributed by atoms with Gasteiger partial charge in [-0.3, -0.25) is 19.5 Å². The average molecular weight is 546 g/mol. The molecule has 11 heteroatoms. The van der Waals surface area contributed by atoms with Gasteiger partial charge in [0.05, 0.1) is 46.6 Å². The zero-order valence-electron chi connectivity index (χ0n) is 21.2. The summed E-state index contributed by atoms with van der Waals surface area (Å²) in [7, 11) is 2.77. The summed E-state index contributed by atoms with van der Waals surface area (Å²) in [4.78, 5) is 42.5. The Kier molecular flexibility index (Phi) is 6.99. The van der Waals surface area contributed by atoms with Crippen LogP contribution in [0.3, 0.4) is 0 Å². The van der Waals surface area contributed by atoms with Gasteiger partial charge in [-0.2, -0.15) is 0 Å². The zero-order chi connectivity index (χ0) is 27.7. The molecule has 3 heterocycles. The minimum absolute atomic E-state index is 0.105. The molecule has 10 nitrogen and oxygen atoms in total. The quantitative estimate of drug-likeness (QED) is 0.195. The van der Waals surface area contributed by atoms with Crippen molar-refractivity contribution in [3.8, 4) is 17.1 Å². The number of benzene rings is 2. The van der Waals surface area contributed by atoms with Crippen molar-refractivity contribution in [2.24, 2.45) is 4.99 Å². The molecule has 198 valence electrons. The Morgan fingerprint density at radius 1 is 1.18 bits per heavy atom. The van der Waals surface area contributed by atoms with Gasteiger partial charge in [-0.25, -0.2) is 9.79 Å². The highest BCUT2D eigenvalue weighted by atomic mass is 32.1. The molecule has 1 atom stereocenters. The first-order valence-corrected chi connectivity index (χ1v) is 12.8. The van der Waals surface area contributed by atoms with Crippen molar-refractivity contribution < 1.29 is 23.6 Å². The molecule has 0 bridgehead atoms. The van der Waals surface area contributed by atoms with Crippen LogP contribution in [-0.4, -0.2) is 29.7 Å². The van der Waals surface area contributed by atoms with E-state index in [-0.39, 0.29) is 11.2 Å². The fourth-order valence-electron chi connectivity index (χ4n) is 4.52. The molecule has 5 rings (SSSR count). The molecule has 4 aromatic rings. The molecule has 1 aliphatic heterocycles. The fourth-order valence-corrected chi connectivity index (χ4v) is 5.52. The fraction of sp³-hybridized carbons (Fsp3) is 0.179. The number of carbonyl (C=O) groups excluding carboxylic acids is 1. The van der Waals surface area contributed by atoms with Gasteiger partial charge in [-0.1, -0.05) is 48.6 Å². The smallest absolute Gasteiger partial charge is 0.338 e. The van der Waals surface area contributed by atoms with E-state index in [9.17, 15) is 19.7 Å². The van der Waals surface area contributed by atoms with Crippen LogP contribution in [0.15, 0.2) is 86.1 Å². The lowest BCUT2D eigenvalue weighted by molar-refractivity contribution is -0.384. The molecule has 0 fully saturated rings. The molecule has 2 aromatic carbocycles. The maximum absolute atomic E-state index is 13.7. The molecule has 1 aliphatic rings. The van der Waals surface area contributed by atoms with Gasteiger partial charge in [0.1, 0.15) is 17.3 Å². The van der Waals surface area contributed by atoms with Crippen LogP contribution in [0.2, 0.25) is 0 Å². The van der Waals surface area contributed by atoms with E-state index in [1.807, 2.05) is 37.3 Å². The first-order chi connectivity index (χ1) is 18.9. The van der Waals surface area contributed by atoms with Crippen LogP contribution in [0.25, 0.3) is 17.4 Å². The Morgan fingerprint density at radius 2 is 1.95 bits per heavy atom. The normalized spacial score (nSPS) is 15.1. The lowest BCUT2D eigenvalue weighted by Gasteiger charge is -2.25. The van der Waals surface area contributed by atoms with Crippen LogP contribution in [0, 0.1) is 10.1 Å². The number of non-ortho nitro benzene ring substituents is 1. The Labute approximate surface area is 225 Å². The molecule has 0 saturated heterocycles.